The van der Waals surface area contributed by atoms with Gasteiger partial charge in [-0.05, 0) is 43.5 Å². The molecule has 0 spiro atoms. The van der Waals surface area contributed by atoms with Crippen LogP contribution in [0.2, 0.25) is 0 Å². The van der Waals surface area contributed by atoms with Gasteiger partial charge in [-0.15, -0.1) is 5.10 Å². The lowest BCUT2D eigenvalue weighted by Gasteiger charge is -2.29. The van der Waals surface area contributed by atoms with Gasteiger partial charge in [0, 0.05) is 24.2 Å². The molecule has 2 aromatic rings. The molecule has 1 fully saturated rings. The van der Waals surface area contributed by atoms with Gasteiger partial charge in [0.2, 0.25) is 0 Å². The van der Waals surface area contributed by atoms with Crippen molar-refractivity contribution in [3.63, 3.8) is 0 Å². The van der Waals surface area contributed by atoms with Crippen LogP contribution in [0.25, 0.3) is 5.69 Å². The second-order valence-corrected chi connectivity index (χ2v) is 7.12. The fourth-order valence-electron chi connectivity index (χ4n) is 3.17. The SMILES string of the molecule is CC(C)(C)c1c(C#N)nnn1-c1ccc(N2CCCCC2)cc1. The predicted molar refractivity (Wildman–Crippen MR) is 90.8 cm³/mol. The molecule has 0 bridgehead atoms. The monoisotopic (exact) mass is 309 g/mol. The largest absolute Gasteiger partial charge is 0.372 e. The number of hydrogen-bond donors (Lipinski definition) is 0. The predicted octanol–water partition coefficient (Wildman–Crippen LogP) is 3.43. The zero-order valence-electron chi connectivity index (χ0n) is 14.1. The Hall–Kier alpha value is -2.35. The van der Waals surface area contributed by atoms with E-state index in [0.717, 1.165) is 24.5 Å². The van der Waals surface area contributed by atoms with Crippen LogP contribution < -0.4 is 4.90 Å². The Labute approximate surface area is 137 Å². The van der Waals surface area contributed by atoms with E-state index in [1.54, 1.807) is 4.68 Å². The first-order chi connectivity index (χ1) is 11.0. The average Bonchev–Trinajstić information content (AvgIpc) is 3.00. The molecule has 0 radical (unpaired) electrons. The first-order valence-electron chi connectivity index (χ1n) is 8.22. The Kier molecular flexibility index (Phi) is 4.08. The number of nitriles is 1. The molecule has 3 rings (SSSR count). The summed E-state index contributed by atoms with van der Waals surface area (Å²) in [7, 11) is 0. The standard InChI is InChI=1S/C18H23N5/c1-18(2,3)17-16(13-19)20-21-23(17)15-9-7-14(8-10-15)22-11-5-4-6-12-22/h7-10H,4-6,11-12H2,1-3H3. The van der Waals surface area contributed by atoms with Crippen LogP contribution in [0.1, 0.15) is 51.4 Å². The smallest absolute Gasteiger partial charge is 0.186 e. The maximum absolute atomic E-state index is 9.28. The van der Waals surface area contributed by atoms with Crippen LogP contribution in [0.5, 0.6) is 0 Å². The topological polar surface area (TPSA) is 57.7 Å². The highest BCUT2D eigenvalue weighted by Crippen LogP contribution is 2.28. The lowest BCUT2D eigenvalue weighted by atomic mass is 9.90. The Morgan fingerprint density at radius 1 is 1.00 bits per heavy atom. The summed E-state index contributed by atoms with van der Waals surface area (Å²) in [5, 5.41) is 17.5. The van der Waals surface area contributed by atoms with Crippen LogP contribution in [0.4, 0.5) is 5.69 Å². The van der Waals surface area contributed by atoms with Crippen LogP contribution in [0, 0.1) is 11.3 Å². The molecule has 1 aliphatic heterocycles. The molecule has 0 unspecified atom stereocenters. The van der Waals surface area contributed by atoms with Gasteiger partial charge in [-0.25, -0.2) is 4.68 Å². The zero-order chi connectivity index (χ0) is 16.4. The number of nitrogens with zero attached hydrogens (tertiary/aromatic N) is 5. The van der Waals surface area contributed by atoms with Crippen molar-refractivity contribution in [3.05, 3.63) is 35.7 Å². The highest BCUT2D eigenvalue weighted by atomic mass is 15.4. The molecule has 23 heavy (non-hydrogen) atoms. The van der Waals surface area contributed by atoms with Crippen molar-refractivity contribution < 1.29 is 0 Å². The third-order valence-corrected chi connectivity index (χ3v) is 4.30. The van der Waals surface area contributed by atoms with Gasteiger partial charge in [-0.3, -0.25) is 0 Å². The van der Waals surface area contributed by atoms with Crippen LogP contribution in [-0.4, -0.2) is 28.1 Å². The van der Waals surface area contributed by atoms with Gasteiger partial charge in [0.05, 0.1) is 11.4 Å². The molecule has 5 nitrogen and oxygen atoms in total. The molecule has 1 aromatic heterocycles. The number of rotatable bonds is 2. The molecule has 1 aliphatic rings. The van der Waals surface area contributed by atoms with E-state index in [1.165, 1.54) is 24.9 Å². The van der Waals surface area contributed by atoms with Crippen molar-refractivity contribution in [1.82, 2.24) is 15.0 Å². The molecule has 120 valence electrons. The maximum atomic E-state index is 9.28. The van der Waals surface area contributed by atoms with E-state index in [1.807, 2.05) is 0 Å². The minimum Gasteiger partial charge on any atom is -0.372 e. The van der Waals surface area contributed by atoms with Gasteiger partial charge in [0.25, 0.3) is 0 Å². The molecular formula is C18H23N5. The molecule has 1 saturated heterocycles. The first-order valence-corrected chi connectivity index (χ1v) is 8.22. The highest BCUT2D eigenvalue weighted by Gasteiger charge is 2.26. The normalized spacial score (nSPS) is 15.5. The van der Waals surface area contributed by atoms with Gasteiger partial charge < -0.3 is 4.90 Å². The summed E-state index contributed by atoms with van der Waals surface area (Å²) in [6.07, 6.45) is 3.87. The van der Waals surface area contributed by atoms with E-state index in [-0.39, 0.29) is 5.41 Å². The van der Waals surface area contributed by atoms with Crippen molar-refractivity contribution in [2.75, 3.05) is 18.0 Å². The fourth-order valence-corrected chi connectivity index (χ4v) is 3.17. The number of aromatic nitrogens is 3. The van der Waals surface area contributed by atoms with Crippen LogP contribution in [0.3, 0.4) is 0 Å². The number of benzene rings is 1. The lowest BCUT2D eigenvalue weighted by molar-refractivity contribution is 0.541. The Bertz CT molecular complexity index is 709. The van der Waals surface area contributed by atoms with Gasteiger partial charge >= 0.3 is 0 Å². The highest BCUT2D eigenvalue weighted by molar-refractivity contribution is 5.52. The molecule has 5 heteroatoms. The third kappa shape index (κ3) is 3.07. The molecule has 1 aromatic carbocycles. The Morgan fingerprint density at radius 3 is 2.17 bits per heavy atom. The van der Waals surface area contributed by atoms with E-state index >= 15 is 0 Å². The number of anilines is 1. The van der Waals surface area contributed by atoms with Crippen molar-refractivity contribution in [2.24, 2.45) is 0 Å². The molecule has 2 heterocycles. The Balaban J connectivity index is 1.94. The van der Waals surface area contributed by atoms with E-state index in [2.05, 4.69) is 66.3 Å². The van der Waals surface area contributed by atoms with E-state index in [0.29, 0.717) is 5.69 Å². The second kappa shape index (κ2) is 6.04. The summed E-state index contributed by atoms with van der Waals surface area (Å²) >= 11 is 0. The van der Waals surface area contributed by atoms with Gasteiger partial charge in [0.15, 0.2) is 5.69 Å². The summed E-state index contributed by atoms with van der Waals surface area (Å²) < 4.78 is 1.79. The van der Waals surface area contributed by atoms with Crippen LogP contribution >= 0.6 is 0 Å². The summed E-state index contributed by atoms with van der Waals surface area (Å²) in [4.78, 5) is 2.43. The molecule has 0 amide bonds. The fraction of sp³-hybridized carbons (Fsp3) is 0.500. The van der Waals surface area contributed by atoms with Crippen LogP contribution in [0.15, 0.2) is 24.3 Å². The first kappa shape index (κ1) is 15.5. The number of hydrogen-bond acceptors (Lipinski definition) is 4. The van der Waals surface area contributed by atoms with Gasteiger partial charge in [-0.1, -0.05) is 26.0 Å². The van der Waals surface area contributed by atoms with Crippen molar-refractivity contribution in [1.29, 1.82) is 5.26 Å². The molecule has 0 saturated carbocycles. The van der Waals surface area contributed by atoms with E-state index in [4.69, 9.17) is 0 Å². The minimum absolute atomic E-state index is 0.194. The average molecular weight is 309 g/mol. The summed E-state index contributed by atoms with van der Waals surface area (Å²) in [5.41, 5.74) is 3.26. The maximum Gasteiger partial charge on any atom is 0.186 e. The van der Waals surface area contributed by atoms with E-state index < -0.39 is 0 Å². The summed E-state index contributed by atoms with van der Waals surface area (Å²) in [5.74, 6) is 0. The van der Waals surface area contributed by atoms with E-state index in [9.17, 15) is 5.26 Å². The lowest BCUT2D eigenvalue weighted by Crippen LogP contribution is -2.29. The summed E-state index contributed by atoms with van der Waals surface area (Å²) in [6.45, 7) is 8.49. The number of piperidine rings is 1. The third-order valence-electron chi connectivity index (χ3n) is 4.30. The zero-order valence-corrected chi connectivity index (χ0v) is 14.1. The molecule has 0 aliphatic carbocycles. The van der Waals surface area contributed by atoms with Crippen LogP contribution in [-0.2, 0) is 5.41 Å². The van der Waals surface area contributed by atoms with Gasteiger partial charge in [-0.2, -0.15) is 5.26 Å². The second-order valence-electron chi connectivity index (χ2n) is 7.12. The molecule has 0 atom stereocenters. The van der Waals surface area contributed by atoms with Crippen molar-refractivity contribution >= 4 is 5.69 Å². The molecular weight excluding hydrogens is 286 g/mol. The van der Waals surface area contributed by atoms with Gasteiger partial charge in [0.1, 0.15) is 6.07 Å². The van der Waals surface area contributed by atoms with Crippen molar-refractivity contribution in [2.45, 2.75) is 45.4 Å². The summed E-state index contributed by atoms with van der Waals surface area (Å²) in [6, 6.07) is 10.6. The Morgan fingerprint density at radius 2 is 1.61 bits per heavy atom. The molecule has 0 N–H and O–H groups in total. The quantitative estimate of drug-likeness (QED) is 0.853. The van der Waals surface area contributed by atoms with Crippen molar-refractivity contribution in [3.8, 4) is 11.8 Å². The minimum atomic E-state index is -0.194.